The Morgan fingerprint density at radius 2 is 2.06 bits per heavy atom. The van der Waals surface area contributed by atoms with E-state index in [1.54, 1.807) is 6.92 Å². The van der Waals surface area contributed by atoms with Gasteiger partial charge in [-0.3, -0.25) is 0 Å². The van der Waals surface area contributed by atoms with Crippen LogP contribution in [0.2, 0.25) is 0 Å². The van der Waals surface area contributed by atoms with E-state index in [2.05, 4.69) is 29.4 Å². The Hall–Kier alpha value is -1.55. The van der Waals surface area contributed by atoms with Crippen LogP contribution in [0.4, 0.5) is 4.79 Å². The van der Waals surface area contributed by atoms with Crippen LogP contribution in [0.5, 0.6) is 0 Å². The minimum Gasteiger partial charge on any atom is -0.450 e. The smallest absolute Gasteiger partial charge is 0.407 e. The zero-order chi connectivity index (χ0) is 13.2. The van der Waals surface area contributed by atoms with Crippen molar-refractivity contribution in [2.45, 2.75) is 19.9 Å². The number of alkyl carbamates (subject to hydrolysis) is 1. The third kappa shape index (κ3) is 6.25. The van der Waals surface area contributed by atoms with Crippen LogP contribution in [0, 0.1) is 0 Å². The molecule has 18 heavy (non-hydrogen) atoms. The maximum atomic E-state index is 11.0. The second-order valence-electron chi connectivity index (χ2n) is 4.22. The lowest BCUT2D eigenvalue weighted by atomic mass is 10.2. The van der Waals surface area contributed by atoms with Crippen LogP contribution in [0.15, 0.2) is 30.3 Å². The predicted octanol–water partition coefficient (Wildman–Crippen LogP) is 2.25. The molecule has 4 heteroatoms. The van der Waals surface area contributed by atoms with E-state index in [1.165, 1.54) is 5.56 Å². The van der Waals surface area contributed by atoms with Crippen LogP contribution in [0.25, 0.3) is 0 Å². The number of nitrogens with one attached hydrogen (secondary N) is 1. The molecular formula is C14H22N2O2. The molecule has 0 atom stereocenters. The standard InChI is InChI=1S/C14H22N2O2/c1-3-18-14(17)15-10-7-11-16(2)12-13-8-5-4-6-9-13/h4-6,8-9H,3,7,10-12H2,1-2H3,(H,15,17). The molecule has 0 aromatic heterocycles. The molecule has 0 aliphatic heterocycles. The monoisotopic (exact) mass is 250 g/mol. The number of amides is 1. The minimum atomic E-state index is -0.330. The molecule has 1 aromatic carbocycles. The third-order valence-corrected chi connectivity index (χ3v) is 2.56. The fourth-order valence-electron chi connectivity index (χ4n) is 1.70. The summed E-state index contributed by atoms with van der Waals surface area (Å²) in [6.07, 6.45) is 0.588. The first-order valence-electron chi connectivity index (χ1n) is 6.35. The van der Waals surface area contributed by atoms with Crippen LogP contribution in [0.3, 0.4) is 0 Å². The van der Waals surface area contributed by atoms with Crippen molar-refractivity contribution in [3.8, 4) is 0 Å². The van der Waals surface area contributed by atoms with Crippen molar-refractivity contribution >= 4 is 6.09 Å². The molecule has 4 nitrogen and oxygen atoms in total. The number of carbonyl (C=O) groups excluding carboxylic acids is 1. The van der Waals surface area contributed by atoms with Gasteiger partial charge in [0.25, 0.3) is 0 Å². The normalized spacial score (nSPS) is 10.4. The summed E-state index contributed by atoms with van der Waals surface area (Å²) < 4.78 is 4.78. The van der Waals surface area contributed by atoms with E-state index in [9.17, 15) is 4.79 Å². The quantitative estimate of drug-likeness (QED) is 0.755. The van der Waals surface area contributed by atoms with Crippen LogP contribution < -0.4 is 5.32 Å². The number of nitrogens with zero attached hydrogens (tertiary/aromatic N) is 1. The second kappa shape index (κ2) is 8.53. The van der Waals surface area contributed by atoms with Crippen LogP contribution in [0.1, 0.15) is 18.9 Å². The summed E-state index contributed by atoms with van der Waals surface area (Å²) in [7, 11) is 2.08. The summed E-state index contributed by atoms with van der Waals surface area (Å²) in [5.41, 5.74) is 1.30. The van der Waals surface area contributed by atoms with Gasteiger partial charge in [-0.15, -0.1) is 0 Å². The summed E-state index contributed by atoms with van der Waals surface area (Å²) in [4.78, 5) is 13.3. The largest absolute Gasteiger partial charge is 0.450 e. The average Bonchev–Trinajstić information content (AvgIpc) is 2.36. The van der Waals surface area contributed by atoms with Gasteiger partial charge in [-0.2, -0.15) is 0 Å². The van der Waals surface area contributed by atoms with Gasteiger partial charge in [0.1, 0.15) is 0 Å². The van der Waals surface area contributed by atoms with Gasteiger partial charge in [-0.1, -0.05) is 30.3 Å². The van der Waals surface area contributed by atoms with Gasteiger partial charge in [0.2, 0.25) is 0 Å². The Labute approximate surface area is 109 Å². The number of hydrogen-bond acceptors (Lipinski definition) is 3. The van der Waals surface area contributed by atoms with Gasteiger partial charge in [0.15, 0.2) is 0 Å². The van der Waals surface area contributed by atoms with Crippen LogP contribution in [-0.2, 0) is 11.3 Å². The first-order chi connectivity index (χ1) is 8.72. The Balaban J connectivity index is 2.10. The first kappa shape index (κ1) is 14.5. The highest BCUT2D eigenvalue weighted by molar-refractivity contribution is 5.66. The topological polar surface area (TPSA) is 41.6 Å². The van der Waals surface area contributed by atoms with Crippen LogP contribution >= 0.6 is 0 Å². The average molecular weight is 250 g/mol. The van der Waals surface area contributed by atoms with Crippen molar-refractivity contribution in [2.75, 3.05) is 26.7 Å². The van der Waals surface area contributed by atoms with Gasteiger partial charge in [-0.25, -0.2) is 4.79 Å². The van der Waals surface area contributed by atoms with E-state index in [-0.39, 0.29) is 6.09 Å². The molecule has 100 valence electrons. The van der Waals surface area contributed by atoms with E-state index in [0.717, 1.165) is 19.5 Å². The molecule has 1 aromatic rings. The van der Waals surface area contributed by atoms with Gasteiger partial charge in [0.05, 0.1) is 6.61 Å². The van der Waals surface area contributed by atoms with E-state index < -0.39 is 0 Å². The van der Waals surface area contributed by atoms with E-state index in [0.29, 0.717) is 13.2 Å². The molecule has 0 fully saturated rings. The zero-order valence-electron chi connectivity index (χ0n) is 11.2. The fourth-order valence-corrected chi connectivity index (χ4v) is 1.70. The summed E-state index contributed by atoms with van der Waals surface area (Å²) in [6, 6.07) is 10.4. The highest BCUT2D eigenvalue weighted by Gasteiger charge is 2.01. The van der Waals surface area contributed by atoms with Gasteiger partial charge in [-0.05, 0) is 32.5 Å². The molecule has 0 spiro atoms. The lowest BCUT2D eigenvalue weighted by Gasteiger charge is -2.16. The van der Waals surface area contributed by atoms with E-state index in [4.69, 9.17) is 4.74 Å². The van der Waals surface area contributed by atoms with E-state index in [1.807, 2.05) is 18.2 Å². The molecule has 0 saturated carbocycles. The highest BCUT2D eigenvalue weighted by atomic mass is 16.5. The molecule has 0 saturated heterocycles. The maximum absolute atomic E-state index is 11.0. The lowest BCUT2D eigenvalue weighted by Crippen LogP contribution is -2.28. The maximum Gasteiger partial charge on any atom is 0.407 e. The Morgan fingerprint density at radius 3 is 2.72 bits per heavy atom. The second-order valence-corrected chi connectivity index (χ2v) is 4.22. The van der Waals surface area contributed by atoms with Gasteiger partial charge in [0, 0.05) is 13.1 Å². The van der Waals surface area contributed by atoms with Crippen molar-refractivity contribution in [3.63, 3.8) is 0 Å². The number of benzene rings is 1. The summed E-state index contributed by atoms with van der Waals surface area (Å²) in [5, 5.41) is 2.71. The van der Waals surface area contributed by atoms with Crippen molar-refractivity contribution in [3.05, 3.63) is 35.9 Å². The van der Waals surface area contributed by atoms with Crippen molar-refractivity contribution in [2.24, 2.45) is 0 Å². The molecular weight excluding hydrogens is 228 g/mol. The number of hydrogen-bond donors (Lipinski definition) is 1. The van der Waals surface area contributed by atoms with Crippen molar-refractivity contribution in [1.29, 1.82) is 0 Å². The fraction of sp³-hybridized carbons (Fsp3) is 0.500. The minimum absolute atomic E-state index is 0.330. The summed E-state index contributed by atoms with van der Waals surface area (Å²) in [6.45, 7) is 4.74. The summed E-state index contributed by atoms with van der Waals surface area (Å²) >= 11 is 0. The lowest BCUT2D eigenvalue weighted by molar-refractivity contribution is 0.151. The van der Waals surface area contributed by atoms with Gasteiger partial charge >= 0.3 is 6.09 Å². The molecule has 0 bridgehead atoms. The zero-order valence-corrected chi connectivity index (χ0v) is 11.2. The molecule has 1 rings (SSSR count). The molecule has 1 N–H and O–H groups in total. The highest BCUT2D eigenvalue weighted by Crippen LogP contribution is 2.02. The predicted molar refractivity (Wildman–Crippen MR) is 72.4 cm³/mol. The SMILES string of the molecule is CCOC(=O)NCCCN(C)Cc1ccccc1. The number of ether oxygens (including phenoxy) is 1. The van der Waals surface area contributed by atoms with Crippen molar-refractivity contribution < 1.29 is 9.53 Å². The molecule has 0 radical (unpaired) electrons. The molecule has 0 aliphatic rings. The molecule has 0 heterocycles. The third-order valence-electron chi connectivity index (χ3n) is 2.56. The van der Waals surface area contributed by atoms with E-state index >= 15 is 0 Å². The Morgan fingerprint density at radius 1 is 1.33 bits per heavy atom. The first-order valence-corrected chi connectivity index (χ1v) is 6.35. The van der Waals surface area contributed by atoms with Crippen molar-refractivity contribution in [1.82, 2.24) is 10.2 Å². The Bertz CT molecular complexity index is 341. The molecule has 0 aliphatic carbocycles. The summed E-state index contributed by atoms with van der Waals surface area (Å²) in [5.74, 6) is 0. The van der Waals surface area contributed by atoms with Gasteiger partial charge < -0.3 is 15.0 Å². The van der Waals surface area contributed by atoms with Crippen LogP contribution in [-0.4, -0.2) is 37.7 Å². The molecule has 0 unspecified atom stereocenters. The Kier molecular flexibility index (Phi) is 6.87. The molecule has 1 amide bonds. The number of carbonyl (C=O) groups is 1. The number of rotatable bonds is 7.